The van der Waals surface area contributed by atoms with Crippen molar-refractivity contribution in [1.29, 1.82) is 0 Å². The first-order valence-electron chi connectivity index (χ1n) is 11.7. The summed E-state index contributed by atoms with van der Waals surface area (Å²) in [5, 5.41) is 0.466. The van der Waals surface area contributed by atoms with Gasteiger partial charge in [0.2, 0.25) is 0 Å². The summed E-state index contributed by atoms with van der Waals surface area (Å²) < 4.78 is 7.56. The second kappa shape index (κ2) is 8.89. The molecule has 0 aliphatic rings. The van der Waals surface area contributed by atoms with E-state index in [1.165, 1.54) is 5.67 Å². The molecule has 0 N–H and O–H groups in total. The molecule has 0 fully saturated rings. The average Bonchev–Trinajstić information content (AvgIpc) is 2.30. The van der Waals surface area contributed by atoms with E-state index < -0.39 is 38.9 Å². The molecule has 0 amide bonds. The minimum absolute atomic E-state index is 0.466. The third-order valence-electron chi connectivity index (χ3n) is 7.63. The Bertz CT molecular complexity index is 469. The van der Waals surface area contributed by atoms with Crippen LogP contribution in [0.3, 0.4) is 0 Å². The fourth-order valence-electron chi connectivity index (χ4n) is 7.64. The quantitative estimate of drug-likeness (QED) is 0.287. The molecule has 0 saturated heterocycles. The summed E-state index contributed by atoms with van der Waals surface area (Å²) in [5.41, 5.74) is 1.49. The van der Waals surface area contributed by atoms with Crippen LogP contribution in [0.25, 0.3) is 0 Å². The Labute approximate surface area is 184 Å². The maximum Gasteiger partial charge on any atom is 0.169 e. The lowest BCUT2D eigenvalue weighted by Gasteiger charge is -2.61. The molecule has 0 saturated carbocycles. The molecule has 0 spiro atoms. The fourth-order valence-corrected chi connectivity index (χ4v) is 88.1. The first-order valence-corrected chi connectivity index (χ1v) is 29.4. The largest absolute Gasteiger partial charge is 0.460 e. The number of hydrogen-bond donors (Lipinski definition) is 0. The minimum atomic E-state index is -1.82. The molecule has 0 atom stereocenters. The van der Waals surface area contributed by atoms with E-state index in [2.05, 4.69) is 114 Å². The summed E-state index contributed by atoms with van der Waals surface area (Å²) in [5.74, 6) is 2.20. The molecule has 0 heterocycles. The van der Waals surface area contributed by atoms with E-state index in [1.54, 1.807) is 0 Å². The third kappa shape index (κ3) is 5.44. The Kier molecular flexibility index (Phi) is 9.22. The molecule has 0 radical (unpaired) electrons. The van der Waals surface area contributed by atoms with E-state index in [9.17, 15) is 0 Å². The van der Waals surface area contributed by atoms with Crippen LogP contribution in [-0.2, 0) is 4.12 Å². The zero-order valence-electron chi connectivity index (χ0n) is 22.8. The van der Waals surface area contributed by atoms with Crippen LogP contribution in [0.15, 0.2) is 0 Å². The normalized spacial score (nSPS) is 15.9. The molecule has 0 rings (SSSR count). The van der Waals surface area contributed by atoms with Crippen LogP contribution in [0, 0.1) is 17.8 Å². The van der Waals surface area contributed by atoms with Gasteiger partial charge in [0.05, 0.1) is 23.3 Å². The van der Waals surface area contributed by atoms with Crippen molar-refractivity contribution in [3.8, 4) is 0 Å². The zero-order chi connectivity index (χ0) is 23.1. The predicted molar refractivity (Wildman–Crippen MR) is 146 cm³/mol. The predicted octanol–water partition coefficient (Wildman–Crippen LogP) is 8.57. The summed E-state index contributed by atoms with van der Waals surface area (Å²) in [6.07, 6.45) is 0. The standard InChI is InChI=1S/C22H56OSi5/c1-19(2)22(20(3)4,21(5)6)27(16,17)18-28(25(10,11)12,26(13,14)15)23-24(7,8)9/h19-21H,18H2,1-17H3. The van der Waals surface area contributed by atoms with Crippen molar-refractivity contribution >= 4 is 38.9 Å². The highest BCUT2D eigenvalue weighted by Gasteiger charge is 2.63. The first-order chi connectivity index (χ1) is 12.0. The Morgan fingerprint density at radius 3 is 1.04 bits per heavy atom. The van der Waals surface area contributed by atoms with E-state index in [4.69, 9.17) is 4.12 Å². The summed E-state index contributed by atoms with van der Waals surface area (Å²) >= 11 is 0. The second-order valence-corrected chi connectivity index (χ2v) is 51.1. The Morgan fingerprint density at radius 2 is 0.857 bits per heavy atom. The molecule has 0 aromatic heterocycles. The molecule has 0 aromatic carbocycles. The first kappa shape index (κ1) is 29.0. The lowest BCUT2D eigenvalue weighted by molar-refractivity contribution is 0.220. The van der Waals surface area contributed by atoms with Crippen LogP contribution < -0.4 is 0 Å². The van der Waals surface area contributed by atoms with Gasteiger partial charge in [0.25, 0.3) is 0 Å². The third-order valence-corrected chi connectivity index (χ3v) is 59.0. The van der Waals surface area contributed by atoms with Gasteiger partial charge < -0.3 is 4.12 Å². The maximum atomic E-state index is 7.56. The molecule has 6 heteroatoms. The summed E-state index contributed by atoms with van der Waals surface area (Å²) in [6, 6.07) is 0. The van der Waals surface area contributed by atoms with E-state index in [0.717, 1.165) is 17.8 Å². The van der Waals surface area contributed by atoms with Gasteiger partial charge in [-0.1, -0.05) is 93.9 Å². The van der Waals surface area contributed by atoms with Crippen LogP contribution in [0.4, 0.5) is 0 Å². The SMILES string of the molecule is CC(C)C(C(C)C)(C(C)C)[Si](C)(C)C[Si](O[Si](C)(C)C)([Si](C)(C)C)[Si](C)(C)C. The van der Waals surface area contributed by atoms with E-state index >= 15 is 0 Å². The summed E-state index contributed by atoms with van der Waals surface area (Å²) in [4.78, 5) is 0. The molecule has 1 nitrogen and oxygen atoms in total. The van der Waals surface area contributed by atoms with Crippen LogP contribution in [0.2, 0.25) is 82.7 Å². The van der Waals surface area contributed by atoms with Gasteiger partial charge in [-0.05, 0) is 48.1 Å². The van der Waals surface area contributed by atoms with Crippen LogP contribution >= 0.6 is 0 Å². The molecule has 28 heavy (non-hydrogen) atoms. The maximum absolute atomic E-state index is 7.56. The van der Waals surface area contributed by atoms with Gasteiger partial charge in [0, 0.05) is 0 Å². The Morgan fingerprint density at radius 1 is 0.571 bits per heavy atom. The van der Waals surface area contributed by atoms with Gasteiger partial charge in [-0.2, -0.15) is 0 Å². The second-order valence-electron chi connectivity index (χ2n) is 14.0. The van der Waals surface area contributed by atoms with Gasteiger partial charge >= 0.3 is 0 Å². The van der Waals surface area contributed by atoms with E-state index in [1.807, 2.05) is 0 Å². The van der Waals surface area contributed by atoms with Crippen molar-refractivity contribution in [3.05, 3.63) is 0 Å². The topological polar surface area (TPSA) is 9.23 Å². The van der Waals surface area contributed by atoms with Crippen LogP contribution in [0.1, 0.15) is 41.5 Å². The fraction of sp³-hybridized carbons (Fsp3) is 1.00. The molecule has 0 bridgehead atoms. The highest BCUT2D eigenvalue weighted by Crippen LogP contribution is 2.60. The molecular formula is C22H56OSi5. The number of hydrogen-bond acceptors (Lipinski definition) is 1. The van der Waals surface area contributed by atoms with Gasteiger partial charge in [-0.3, -0.25) is 0 Å². The average molecular weight is 477 g/mol. The number of rotatable bonds is 10. The molecular weight excluding hydrogens is 421 g/mol. The molecule has 0 aliphatic heterocycles. The molecule has 170 valence electrons. The summed E-state index contributed by atoms with van der Waals surface area (Å²) in [6.45, 7) is 43.9. The van der Waals surface area contributed by atoms with Gasteiger partial charge in [-0.15, -0.1) is 0 Å². The smallest absolute Gasteiger partial charge is 0.169 e. The summed E-state index contributed by atoms with van der Waals surface area (Å²) in [7, 11) is -7.87. The van der Waals surface area contributed by atoms with Gasteiger partial charge in [-0.25, -0.2) is 0 Å². The highest BCUT2D eigenvalue weighted by atomic mass is 29.7. The molecule has 0 unspecified atom stereocenters. The van der Waals surface area contributed by atoms with Crippen LogP contribution in [-0.4, -0.2) is 38.9 Å². The Hall–Kier alpha value is 1.04. The van der Waals surface area contributed by atoms with Crippen molar-refractivity contribution in [2.45, 2.75) is 124 Å². The minimum Gasteiger partial charge on any atom is -0.460 e. The van der Waals surface area contributed by atoms with Crippen molar-refractivity contribution in [2.75, 3.05) is 0 Å². The zero-order valence-corrected chi connectivity index (χ0v) is 27.8. The van der Waals surface area contributed by atoms with Crippen molar-refractivity contribution in [2.24, 2.45) is 17.8 Å². The highest BCUT2D eigenvalue weighted by molar-refractivity contribution is 7.68. The van der Waals surface area contributed by atoms with E-state index in [0.29, 0.717) is 5.04 Å². The monoisotopic (exact) mass is 476 g/mol. The van der Waals surface area contributed by atoms with Gasteiger partial charge in [0.15, 0.2) is 15.7 Å². The molecule has 0 aromatic rings. The lowest BCUT2D eigenvalue weighted by atomic mass is 9.76. The molecule has 0 aliphatic carbocycles. The van der Waals surface area contributed by atoms with Crippen molar-refractivity contribution < 1.29 is 4.12 Å². The lowest BCUT2D eigenvalue weighted by Crippen LogP contribution is -2.78. The Balaban J connectivity index is 6.89. The van der Waals surface area contributed by atoms with Crippen LogP contribution in [0.5, 0.6) is 0 Å². The van der Waals surface area contributed by atoms with Crippen molar-refractivity contribution in [3.63, 3.8) is 0 Å². The van der Waals surface area contributed by atoms with E-state index in [-0.39, 0.29) is 0 Å². The van der Waals surface area contributed by atoms with Crippen molar-refractivity contribution in [1.82, 2.24) is 0 Å². The van der Waals surface area contributed by atoms with Gasteiger partial charge in [0.1, 0.15) is 0 Å².